The van der Waals surface area contributed by atoms with Crippen LogP contribution in [0.3, 0.4) is 0 Å². The molecule has 4 heterocycles. The van der Waals surface area contributed by atoms with Crippen molar-refractivity contribution in [2.24, 2.45) is 5.92 Å². The van der Waals surface area contributed by atoms with Crippen molar-refractivity contribution in [1.29, 1.82) is 0 Å². The van der Waals surface area contributed by atoms with Gasteiger partial charge in [0.2, 0.25) is 5.78 Å². The molecule has 0 radical (unpaired) electrons. The van der Waals surface area contributed by atoms with Crippen LogP contribution in [0.1, 0.15) is 27.2 Å². The highest BCUT2D eigenvalue weighted by molar-refractivity contribution is 7.12. The number of amides is 1. The third kappa shape index (κ3) is 2.72. The molecule has 1 fully saturated rings. The second kappa shape index (κ2) is 6.52. The molecule has 2 unspecified atom stereocenters. The van der Waals surface area contributed by atoms with Crippen molar-refractivity contribution < 1.29 is 18.8 Å². The Kier molecular flexibility index (Phi) is 3.95. The Morgan fingerprint density at radius 1 is 1.21 bits per heavy atom. The van der Waals surface area contributed by atoms with E-state index in [-0.39, 0.29) is 5.78 Å². The molecule has 4 aromatic rings. The molecule has 1 saturated heterocycles. The first-order chi connectivity index (χ1) is 14.0. The summed E-state index contributed by atoms with van der Waals surface area (Å²) in [5.41, 5.74) is 1.97. The van der Waals surface area contributed by atoms with Crippen LogP contribution in [-0.2, 0) is 9.59 Å². The minimum atomic E-state index is -1.16. The van der Waals surface area contributed by atoms with Gasteiger partial charge in [0.05, 0.1) is 22.2 Å². The Hall–Kier alpha value is -3.52. The summed E-state index contributed by atoms with van der Waals surface area (Å²) in [4.78, 5) is 48.1. The zero-order valence-electron chi connectivity index (χ0n) is 15.3. The first-order valence-corrected chi connectivity index (χ1v) is 9.87. The molecule has 1 aliphatic rings. The maximum Gasteiger partial charge on any atom is 0.295 e. The first kappa shape index (κ1) is 17.6. The highest BCUT2D eigenvalue weighted by atomic mass is 32.1. The van der Waals surface area contributed by atoms with Gasteiger partial charge in [-0.25, -0.2) is 4.98 Å². The van der Waals surface area contributed by atoms with Gasteiger partial charge in [-0.2, -0.15) is 0 Å². The van der Waals surface area contributed by atoms with E-state index in [9.17, 15) is 14.4 Å². The molecule has 29 heavy (non-hydrogen) atoms. The fraction of sp³-hybridized carbons (Fsp3) is 0.143. The zero-order chi connectivity index (χ0) is 20.1. The van der Waals surface area contributed by atoms with Crippen LogP contribution in [0, 0.1) is 12.8 Å². The van der Waals surface area contributed by atoms with Gasteiger partial charge >= 0.3 is 0 Å². The third-order valence-corrected chi connectivity index (χ3v) is 5.97. The van der Waals surface area contributed by atoms with Crippen LogP contribution in [-0.4, -0.2) is 27.4 Å². The highest BCUT2D eigenvalue weighted by Gasteiger charge is 2.53. The van der Waals surface area contributed by atoms with Crippen LogP contribution in [0.2, 0.25) is 0 Å². The van der Waals surface area contributed by atoms with Crippen molar-refractivity contribution in [3.05, 3.63) is 70.6 Å². The number of aromatic nitrogens is 2. The molecule has 1 aliphatic heterocycles. The molecular weight excluding hydrogens is 390 g/mol. The minimum Gasteiger partial charge on any atom is -0.464 e. The number of ketones is 2. The number of nitrogens with one attached hydrogen (secondary N) is 1. The molecule has 1 aromatic carbocycles. The fourth-order valence-electron chi connectivity index (χ4n) is 3.76. The van der Waals surface area contributed by atoms with E-state index < -0.39 is 23.7 Å². The van der Waals surface area contributed by atoms with Crippen molar-refractivity contribution >= 4 is 45.5 Å². The van der Waals surface area contributed by atoms with Crippen molar-refractivity contribution in [2.45, 2.75) is 13.0 Å². The normalized spacial score (nSPS) is 19.4. The molecule has 0 aliphatic carbocycles. The topological polar surface area (TPSA) is 96.3 Å². The third-order valence-electron chi connectivity index (χ3n) is 5.09. The lowest BCUT2D eigenvalue weighted by atomic mass is 9.91. The number of furan rings is 1. The van der Waals surface area contributed by atoms with Gasteiger partial charge in [0.15, 0.2) is 5.78 Å². The average Bonchev–Trinajstić information content (AvgIpc) is 3.49. The lowest BCUT2D eigenvalue weighted by molar-refractivity contribution is -0.135. The summed E-state index contributed by atoms with van der Waals surface area (Å²) < 4.78 is 5.77. The number of hydrogen-bond acceptors (Lipinski definition) is 6. The summed E-state index contributed by atoms with van der Waals surface area (Å²) in [6.45, 7) is 1.78. The standard InChI is InChI=1S/C21H15N3O4S/c1-11-4-7-15(28-11)18-17(19(25)16-3-2-8-29-16)20(26)21(27)24(18)12-5-6-13-14(9-12)23-10-22-13/h2-10,17-18H,1H3,(H,22,23). The number of rotatable bonds is 4. The SMILES string of the molecule is Cc1ccc(C2C(C(=O)c3cccs3)C(=O)C(=O)N2c2ccc3nc[nH]c3c2)o1. The molecule has 144 valence electrons. The summed E-state index contributed by atoms with van der Waals surface area (Å²) in [7, 11) is 0. The van der Waals surface area contributed by atoms with E-state index >= 15 is 0 Å². The van der Waals surface area contributed by atoms with E-state index in [0.29, 0.717) is 22.1 Å². The van der Waals surface area contributed by atoms with E-state index in [1.54, 1.807) is 61.1 Å². The van der Waals surface area contributed by atoms with Gasteiger partial charge in [-0.3, -0.25) is 19.3 Å². The van der Waals surface area contributed by atoms with Crippen LogP contribution in [0.15, 0.2) is 58.6 Å². The number of nitrogens with zero attached hydrogens (tertiary/aromatic N) is 2. The highest BCUT2D eigenvalue weighted by Crippen LogP contribution is 2.42. The van der Waals surface area contributed by atoms with Crippen LogP contribution in [0.5, 0.6) is 0 Å². The summed E-state index contributed by atoms with van der Waals surface area (Å²) in [6, 6.07) is 11.2. The van der Waals surface area contributed by atoms with Gasteiger partial charge < -0.3 is 9.40 Å². The minimum absolute atomic E-state index is 0.373. The summed E-state index contributed by atoms with van der Waals surface area (Å²) in [6.07, 6.45) is 1.56. The number of thiophene rings is 1. The molecule has 2 atom stereocenters. The van der Waals surface area contributed by atoms with Crippen molar-refractivity contribution in [1.82, 2.24) is 9.97 Å². The maximum absolute atomic E-state index is 13.2. The van der Waals surface area contributed by atoms with Gasteiger partial charge in [0.1, 0.15) is 23.5 Å². The van der Waals surface area contributed by atoms with Gasteiger partial charge in [-0.05, 0) is 48.7 Å². The van der Waals surface area contributed by atoms with Gasteiger partial charge in [0.25, 0.3) is 5.91 Å². The molecule has 1 N–H and O–H groups in total. The molecule has 0 spiro atoms. The van der Waals surface area contributed by atoms with Crippen LogP contribution in [0.25, 0.3) is 11.0 Å². The van der Waals surface area contributed by atoms with Crippen LogP contribution >= 0.6 is 11.3 Å². The number of benzene rings is 1. The predicted octanol–water partition coefficient (Wildman–Crippen LogP) is 3.68. The monoisotopic (exact) mass is 405 g/mol. The number of carbonyl (C=O) groups is 3. The number of Topliss-reactive ketones (excluding diaryl/α,β-unsaturated/α-hetero) is 2. The second-order valence-electron chi connectivity index (χ2n) is 6.86. The van der Waals surface area contributed by atoms with Crippen LogP contribution in [0.4, 0.5) is 5.69 Å². The average molecular weight is 405 g/mol. The number of imidazole rings is 1. The number of hydrogen-bond donors (Lipinski definition) is 1. The lowest BCUT2D eigenvalue weighted by Crippen LogP contribution is -2.30. The fourth-order valence-corrected chi connectivity index (χ4v) is 4.46. The van der Waals surface area contributed by atoms with Crippen LogP contribution < -0.4 is 4.90 Å². The number of H-pyrrole nitrogens is 1. The van der Waals surface area contributed by atoms with Gasteiger partial charge in [-0.15, -0.1) is 11.3 Å². The lowest BCUT2D eigenvalue weighted by Gasteiger charge is -2.25. The molecule has 0 bridgehead atoms. The number of aromatic amines is 1. The molecule has 0 saturated carbocycles. The van der Waals surface area contributed by atoms with Crippen molar-refractivity contribution in [2.75, 3.05) is 4.90 Å². The number of anilines is 1. The Balaban J connectivity index is 1.67. The predicted molar refractivity (Wildman–Crippen MR) is 107 cm³/mol. The van der Waals surface area contributed by atoms with Crippen molar-refractivity contribution in [3.8, 4) is 0 Å². The molecule has 7 nitrogen and oxygen atoms in total. The summed E-state index contributed by atoms with van der Waals surface area (Å²) in [5.74, 6) is -1.95. The van der Waals surface area contributed by atoms with E-state index in [2.05, 4.69) is 9.97 Å². The van der Waals surface area contributed by atoms with E-state index in [1.165, 1.54) is 16.2 Å². The van der Waals surface area contributed by atoms with Gasteiger partial charge in [-0.1, -0.05) is 6.07 Å². The number of aryl methyl sites for hydroxylation is 1. The van der Waals surface area contributed by atoms with Gasteiger partial charge in [0, 0.05) is 5.69 Å². The summed E-state index contributed by atoms with van der Waals surface area (Å²) >= 11 is 1.25. The maximum atomic E-state index is 13.2. The van der Waals surface area contributed by atoms with E-state index in [0.717, 1.165) is 11.0 Å². The molecular formula is C21H15N3O4S. The smallest absolute Gasteiger partial charge is 0.295 e. The zero-order valence-corrected chi connectivity index (χ0v) is 16.1. The first-order valence-electron chi connectivity index (χ1n) is 8.99. The van der Waals surface area contributed by atoms with Crippen molar-refractivity contribution in [3.63, 3.8) is 0 Å². The quantitative estimate of drug-likeness (QED) is 0.317. The summed E-state index contributed by atoms with van der Waals surface area (Å²) in [5, 5.41) is 1.77. The molecule has 8 heteroatoms. The Bertz CT molecular complexity index is 1250. The van der Waals surface area contributed by atoms with E-state index in [1.807, 2.05) is 0 Å². The molecule has 5 rings (SSSR count). The molecule has 1 amide bonds. The molecule has 3 aromatic heterocycles. The Morgan fingerprint density at radius 3 is 2.79 bits per heavy atom. The second-order valence-corrected chi connectivity index (χ2v) is 7.80. The largest absolute Gasteiger partial charge is 0.464 e. The Labute approximate surface area is 169 Å². The van der Waals surface area contributed by atoms with E-state index in [4.69, 9.17) is 4.42 Å². The number of fused-ring (bicyclic) bond motifs is 1. The Morgan fingerprint density at radius 2 is 2.07 bits per heavy atom. The number of carbonyl (C=O) groups excluding carboxylic acids is 3.